The molecular formula is C10H15N3O3S. The van der Waals surface area contributed by atoms with Gasteiger partial charge in [-0.05, 0) is 25.4 Å². The Hall–Kier alpha value is -1.63. The number of amides is 1. The van der Waals surface area contributed by atoms with E-state index in [1.165, 1.54) is 30.4 Å². The predicted octanol–water partition coefficient (Wildman–Crippen LogP) is 1.04. The summed E-state index contributed by atoms with van der Waals surface area (Å²) in [7, 11) is 3.17. The van der Waals surface area contributed by atoms with Crippen LogP contribution < -0.4 is 5.32 Å². The summed E-state index contributed by atoms with van der Waals surface area (Å²) in [6.45, 7) is 3.19. The fourth-order valence-corrected chi connectivity index (χ4v) is 2.05. The Morgan fingerprint density at radius 1 is 1.53 bits per heavy atom. The first-order chi connectivity index (χ1) is 7.90. The number of aromatic nitrogens is 1. The van der Waals surface area contributed by atoms with Gasteiger partial charge in [-0.15, -0.1) is 0 Å². The first kappa shape index (κ1) is 13.4. The molecule has 0 saturated heterocycles. The summed E-state index contributed by atoms with van der Waals surface area (Å²) in [5.41, 5.74) is 1.04. The zero-order valence-corrected chi connectivity index (χ0v) is 11.0. The van der Waals surface area contributed by atoms with E-state index in [1.807, 2.05) is 0 Å². The van der Waals surface area contributed by atoms with Crippen molar-refractivity contribution in [1.82, 2.24) is 9.27 Å². The Kier molecular flexibility index (Phi) is 4.06. The van der Waals surface area contributed by atoms with Crippen molar-refractivity contribution in [3.63, 3.8) is 0 Å². The highest BCUT2D eigenvalue weighted by Gasteiger charge is 2.27. The van der Waals surface area contributed by atoms with E-state index < -0.39 is 12.0 Å². The van der Waals surface area contributed by atoms with Gasteiger partial charge in [0.05, 0.1) is 11.3 Å². The number of hydrogen-bond acceptors (Lipinski definition) is 5. The maximum Gasteiger partial charge on any atom is 0.326 e. The summed E-state index contributed by atoms with van der Waals surface area (Å²) in [6, 6.07) is -0.869. The largest absolute Gasteiger partial charge is 0.480 e. The van der Waals surface area contributed by atoms with Gasteiger partial charge in [0.25, 0.3) is 5.91 Å². The standard InChI is InChI=1S/C10H15N3O3S/c1-5-7(8(11-3)17-12-5)9(14)13(4)6(2)10(15)16/h6,11H,1-4H3,(H,15,16). The number of carboxylic acid groups (broad SMARTS) is 1. The second kappa shape index (κ2) is 5.13. The minimum absolute atomic E-state index is 0.337. The van der Waals surface area contributed by atoms with Crippen LogP contribution in [0.15, 0.2) is 0 Å². The average Bonchev–Trinajstić information content (AvgIpc) is 2.67. The van der Waals surface area contributed by atoms with Crippen molar-refractivity contribution >= 4 is 28.4 Å². The highest BCUT2D eigenvalue weighted by atomic mass is 32.1. The zero-order chi connectivity index (χ0) is 13.2. The van der Waals surface area contributed by atoms with Gasteiger partial charge < -0.3 is 15.3 Å². The number of carbonyl (C=O) groups excluding carboxylic acids is 1. The minimum atomic E-state index is -1.03. The van der Waals surface area contributed by atoms with Crippen LogP contribution in [0.3, 0.4) is 0 Å². The quantitative estimate of drug-likeness (QED) is 0.842. The summed E-state index contributed by atoms with van der Waals surface area (Å²) in [5.74, 6) is -1.37. The molecule has 1 amide bonds. The molecule has 6 nitrogen and oxygen atoms in total. The van der Waals surface area contributed by atoms with Crippen LogP contribution in [0.1, 0.15) is 23.0 Å². The molecule has 0 fully saturated rings. The molecule has 1 aromatic heterocycles. The molecule has 2 N–H and O–H groups in total. The van der Waals surface area contributed by atoms with Crippen molar-refractivity contribution < 1.29 is 14.7 Å². The van der Waals surface area contributed by atoms with E-state index in [1.54, 1.807) is 14.0 Å². The zero-order valence-electron chi connectivity index (χ0n) is 10.1. The smallest absolute Gasteiger partial charge is 0.326 e. The van der Waals surface area contributed by atoms with E-state index in [0.717, 1.165) is 0 Å². The summed E-state index contributed by atoms with van der Waals surface area (Å²) < 4.78 is 4.08. The van der Waals surface area contributed by atoms with Crippen molar-refractivity contribution in [1.29, 1.82) is 0 Å². The van der Waals surface area contributed by atoms with Crippen LogP contribution in [0, 0.1) is 6.92 Å². The number of hydrogen-bond donors (Lipinski definition) is 2. The Morgan fingerprint density at radius 3 is 2.59 bits per heavy atom. The van der Waals surface area contributed by atoms with Crippen LogP contribution >= 0.6 is 11.5 Å². The number of nitrogens with one attached hydrogen (secondary N) is 1. The van der Waals surface area contributed by atoms with Gasteiger partial charge in [0.1, 0.15) is 11.0 Å². The molecule has 0 aromatic carbocycles. The molecule has 94 valence electrons. The van der Waals surface area contributed by atoms with Crippen molar-refractivity contribution in [3.8, 4) is 0 Å². The van der Waals surface area contributed by atoms with Crippen LogP contribution in [-0.4, -0.2) is 46.4 Å². The summed E-state index contributed by atoms with van der Waals surface area (Å²) >= 11 is 1.19. The molecular weight excluding hydrogens is 242 g/mol. The van der Waals surface area contributed by atoms with Crippen LogP contribution in [-0.2, 0) is 4.79 Å². The monoisotopic (exact) mass is 257 g/mol. The van der Waals surface area contributed by atoms with Gasteiger partial charge >= 0.3 is 5.97 Å². The Morgan fingerprint density at radius 2 is 2.12 bits per heavy atom. The fourth-order valence-electron chi connectivity index (χ4n) is 1.31. The number of rotatable bonds is 4. The third kappa shape index (κ3) is 2.55. The Bertz CT molecular complexity index is 444. The van der Waals surface area contributed by atoms with Crippen LogP contribution in [0.4, 0.5) is 5.00 Å². The van der Waals surface area contributed by atoms with Gasteiger partial charge in [0, 0.05) is 14.1 Å². The number of nitrogens with zero attached hydrogens (tertiary/aromatic N) is 2. The lowest BCUT2D eigenvalue weighted by atomic mass is 10.2. The van der Waals surface area contributed by atoms with E-state index in [0.29, 0.717) is 16.3 Å². The second-order valence-corrected chi connectivity index (χ2v) is 4.43. The summed E-state index contributed by atoms with van der Waals surface area (Å²) in [6.07, 6.45) is 0. The van der Waals surface area contributed by atoms with E-state index in [9.17, 15) is 9.59 Å². The van der Waals surface area contributed by atoms with Gasteiger partial charge in [-0.1, -0.05) is 0 Å². The molecule has 17 heavy (non-hydrogen) atoms. The van der Waals surface area contributed by atoms with Gasteiger partial charge in [0.15, 0.2) is 0 Å². The normalized spacial score (nSPS) is 12.0. The molecule has 7 heteroatoms. The first-order valence-electron chi connectivity index (χ1n) is 5.04. The third-order valence-corrected chi connectivity index (χ3v) is 3.52. The number of aliphatic carboxylic acids is 1. The topological polar surface area (TPSA) is 82.5 Å². The van der Waals surface area contributed by atoms with Crippen molar-refractivity contribution in [2.24, 2.45) is 0 Å². The van der Waals surface area contributed by atoms with Crippen molar-refractivity contribution in [3.05, 3.63) is 11.3 Å². The number of carbonyl (C=O) groups is 2. The van der Waals surface area contributed by atoms with Crippen LogP contribution in [0.25, 0.3) is 0 Å². The van der Waals surface area contributed by atoms with E-state index in [4.69, 9.17) is 5.11 Å². The molecule has 0 saturated carbocycles. The number of anilines is 1. The van der Waals surface area contributed by atoms with E-state index in [-0.39, 0.29) is 5.91 Å². The summed E-state index contributed by atoms with van der Waals surface area (Å²) in [5, 5.41) is 12.4. The van der Waals surface area contributed by atoms with Crippen molar-refractivity contribution in [2.45, 2.75) is 19.9 Å². The highest BCUT2D eigenvalue weighted by molar-refractivity contribution is 7.10. The van der Waals surface area contributed by atoms with Gasteiger partial charge in [-0.25, -0.2) is 4.79 Å². The number of aryl methyl sites for hydroxylation is 1. The molecule has 0 spiro atoms. The highest BCUT2D eigenvalue weighted by Crippen LogP contribution is 2.25. The Balaban J connectivity index is 3.04. The maximum atomic E-state index is 12.1. The second-order valence-electron chi connectivity index (χ2n) is 3.65. The molecule has 0 aliphatic carbocycles. The molecule has 0 bridgehead atoms. The summed E-state index contributed by atoms with van der Waals surface area (Å²) in [4.78, 5) is 24.2. The molecule has 1 rings (SSSR count). The lowest BCUT2D eigenvalue weighted by Gasteiger charge is -2.21. The predicted molar refractivity (Wildman–Crippen MR) is 65.6 cm³/mol. The molecule has 0 aliphatic heterocycles. The molecule has 0 aliphatic rings. The van der Waals surface area contributed by atoms with Gasteiger partial charge in [-0.3, -0.25) is 4.79 Å². The van der Waals surface area contributed by atoms with Crippen molar-refractivity contribution in [2.75, 3.05) is 19.4 Å². The SMILES string of the molecule is CNc1snc(C)c1C(=O)N(C)C(C)C(=O)O. The minimum Gasteiger partial charge on any atom is -0.480 e. The van der Waals surface area contributed by atoms with Crippen LogP contribution in [0.2, 0.25) is 0 Å². The lowest BCUT2D eigenvalue weighted by molar-refractivity contribution is -0.141. The molecule has 1 aromatic rings. The fraction of sp³-hybridized carbons (Fsp3) is 0.500. The number of likely N-dealkylation sites (N-methyl/N-ethyl adjacent to an activating group) is 1. The van der Waals surface area contributed by atoms with E-state index >= 15 is 0 Å². The maximum absolute atomic E-state index is 12.1. The Labute approximate surface area is 103 Å². The van der Waals surface area contributed by atoms with E-state index in [2.05, 4.69) is 9.69 Å². The van der Waals surface area contributed by atoms with Gasteiger partial charge in [-0.2, -0.15) is 4.37 Å². The molecule has 1 atom stereocenters. The number of carboxylic acids is 1. The van der Waals surface area contributed by atoms with Crippen LogP contribution in [0.5, 0.6) is 0 Å². The van der Waals surface area contributed by atoms with Gasteiger partial charge in [0.2, 0.25) is 0 Å². The molecule has 1 heterocycles. The average molecular weight is 257 g/mol. The third-order valence-electron chi connectivity index (χ3n) is 2.56. The lowest BCUT2D eigenvalue weighted by Crippen LogP contribution is -2.40. The molecule has 1 unspecified atom stereocenters. The first-order valence-corrected chi connectivity index (χ1v) is 5.81. The molecule has 0 radical (unpaired) electrons.